The van der Waals surface area contributed by atoms with Crippen LogP contribution in [-0.4, -0.2) is 32.7 Å². The van der Waals surface area contributed by atoms with Crippen molar-refractivity contribution < 1.29 is 9.59 Å². The molecule has 2 aromatic heterocycles. The minimum atomic E-state index is -0.194. The van der Waals surface area contributed by atoms with E-state index in [1.807, 2.05) is 61.1 Å². The lowest BCUT2D eigenvalue weighted by atomic mass is 10.1. The first-order valence-corrected chi connectivity index (χ1v) is 10.7. The second kappa shape index (κ2) is 8.00. The van der Waals surface area contributed by atoms with Crippen LogP contribution in [0.3, 0.4) is 0 Å². The molecule has 2 aromatic carbocycles. The molecule has 5 rings (SSSR count). The molecular weight excluding hydrogens is 402 g/mol. The summed E-state index contributed by atoms with van der Waals surface area (Å²) in [5.74, 6) is 0.405. The van der Waals surface area contributed by atoms with Crippen LogP contribution in [0.25, 0.3) is 22.2 Å². The first-order chi connectivity index (χ1) is 15.5. The number of anilines is 1. The normalized spacial score (nSPS) is 13.4. The Bertz CT molecular complexity index is 1320. The lowest BCUT2D eigenvalue weighted by molar-refractivity contribution is -0.124. The van der Waals surface area contributed by atoms with Crippen molar-refractivity contribution >= 4 is 28.5 Å². The van der Waals surface area contributed by atoms with E-state index in [0.717, 1.165) is 27.7 Å². The fourth-order valence-electron chi connectivity index (χ4n) is 4.21. The number of amides is 2. The molecule has 1 aliphatic rings. The zero-order valence-electron chi connectivity index (χ0n) is 18.2. The van der Waals surface area contributed by atoms with Crippen molar-refractivity contribution in [2.45, 2.75) is 26.4 Å². The summed E-state index contributed by atoms with van der Waals surface area (Å²) in [6.45, 7) is 2.95. The van der Waals surface area contributed by atoms with E-state index in [1.165, 1.54) is 10.5 Å². The minimum absolute atomic E-state index is 0.0225. The predicted molar refractivity (Wildman–Crippen MR) is 124 cm³/mol. The smallest absolute Gasteiger partial charge is 0.240 e. The van der Waals surface area contributed by atoms with Crippen molar-refractivity contribution in [3.05, 3.63) is 71.9 Å². The first-order valence-electron chi connectivity index (χ1n) is 10.7. The van der Waals surface area contributed by atoms with Gasteiger partial charge in [-0.05, 0) is 18.6 Å². The van der Waals surface area contributed by atoms with Gasteiger partial charge in [-0.2, -0.15) is 5.10 Å². The molecule has 4 aromatic rings. The van der Waals surface area contributed by atoms with Crippen LogP contribution in [0.5, 0.6) is 0 Å². The number of carbonyl (C=O) groups is 2. The Morgan fingerprint density at radius 1 is 1.12 bits per heavy atom. The summed E-state index contributed by atoms with van der Waals surface area (Å²) >= 11 is 0. The molecule has 7 heteroatoms. The van der Waals surface area contributed by atoms with Crippen LogP contribution in [0.1, 0.15) is 17.5 Å². The van der Waals surface area contributed by atoms with Gasteiger partial charge in [-0.1, -0.05) is 48.0 Å². The van der Waals surface area contributed by atoms with Crippen molar-refractivity contribution in [1.82, 2.24) is 19.7 Å². The highest BCUT2D eigenvalue weighted by atomic mass is 16.2. The molecule has 0 bridgehead atoms. The van der Waals surface area contributed by atoms with E-state index < -0.39 is 0 Å². The lowest BCUT2D eigenvalue weighted by Gasteiger charge is -2.26. The Hall–Kier alpha value is -3.87. The molecule has 0 unspecified atom stereocenters. The molecule has 0 atom stereocenters. The maximum atomic E-state index is 12.7. The van der Waals surface area contributed by atoms with Gasteiger partial charge in [0, 0.05) is 48.7 Å². The molecule has 0 saturated carbocycles. The number of aryl methyl sites for hydroxylation is 3. The van der Waals surface area contributed by atoms with Crippen molar-refractivity contribution in [3.63, 3.8) is 0 Å². The first kappa shape index (κ1) is 20.1. The summed E-state index contributed by atoms with van der Waals surface area (Å²) in [4.78, 5) is 26.8. The SMILES string of the molecule is Cc1ccc(CNC(=O)CN2C(=O)CCn3nc(-c4cn(C)c5ccccc45)cc32)cc1. The van der Waals surface area contributed by atoms with Gasteiger partial charge in [-0.3, -0.25) is 14.5 Å². The molecule has 2 amide bonds. The van der Waals surface area contributed by atoms with Crippen molar-refractivity contribution in [2.75, 3.05) is 11.4 Å². The van der Waals surface area contributed by atoms with Gasteiger partial charge >= 0.3 is 0 Å². The Labute approximate surface area is 186 Å². The molecule has 7 nitrogen and oxygen atoms in total. The molecule has 32 heavy (non-hydrogen) atoms. The maximum Gasteiger partial charge on any atom is 0.240 e. The summed E-state index contributed by atoms with van der Waals surface area (Å²) < 4.78 is 3.90. The average molecular weight is 428 g/mol. The molecule has 0 aliphatic carbocycles. The zero-order valence-corrected chi connectivity index (χ0v) is 18.2. The number of hydrogen-bond acceptors (Lipinski definition) is 3. The van der Waals surface area contributed by atoms with Gasteiger partial charge in [0.15, 0.2) is 0 Å². The van der Waals surface area contributed by atoms with Gasteiger partial charge in [0.05, 0.1) is 12.2 Å². The molecule has 0 saturated heterocycles. The Balaban J connectivity index is 1.37. The Morgan fingerprint density at radius 2 is 1.91 bits per heavy atom. The third kappa shape index (κ3) is 3.66. The zero-order chi connectivity index (χ0) is 22.2. The number of hydrogen-bond donors (Lipinski definition) is 1. The van der Waals surface area contributed by atoms with Crippen LogP contribution in [0.4, 0.5) is 5.82 Å². The van der Waals surface area contributed by atoms with Crippen LogP contribution < -0.4 is 10.2 Å². The third-order valence-corrected chi connectivity index (χ3v) is 5.96. The van der Waals surface area contributed by atoms with Crippen LogP contribution in [0.15, 0.2) is 60.8 Å². The van der Waals surface area contributed by atoms with Crippen molar-refractivity contribution in [2.24, 2.45) is 7.05 Å². The number of para-hydroxylation sites is 1. The number of aromatic nitrogens is 3. The van der Waals surface area contributed by atoms with E-state index in [1.54, 1.807) is 0 Å². The standard InChI is InChI=1S/C25H25N5O2/c1-17-7-9-18(10-8-17)14-26-23(31)16-29-24-13-21(27-30(24)12-11-25(29)32)20-15-28(2)22-6-4-3-5-19(20)22/h3-10,13,15H,11-12,14,16H2,1-2H3,(H,26,31). The van der Waals surface area contributed by atoms with E-state index in [0.29, 0.717) is 25.3 Å². The number of nitrogens with one attached hydrogen (secondary N) is 1. The Morgan fingerprint density at radius 3 is 2.72 bits per heavy atom. The van der Waals surface area contributed by atoms with Crippen molar-refractivity contribution in [3.8, 4) is 11.3 Å². The lowest BCUT2D eigenvalue weighted by Crippen LogP contribution is -2.44. The highest BCUT2D eigenvalue weighted by Gasteiger charge is 2.28. The second-order valence-electron chi connectivity index (χ2n) is 8.27. The molecule has 0 fully saturated rings. The maximum absolute atomic E-state index is 12.7. The number of benzene rings is 2. The van der Waals surface area contributed by atoms with E-state index in [2.05, 4.69) is 28.2 Å². The fourth-order valence-corrected chi connectivity index (χ4v) is 4.21. The molecule has 3 heterocycles. The molecule has 0 radical (unpaired) electrons. The summed E-state index contributed by atoms with van der Waals surface area (Å²) in [5.41, 5.74) is 5.14. The topological polar surface area (TPSA) is 72.2 Å². The summed E-state index contributed by atoms with van der Waals surface area (Å²) in [6, 6.07) is 18.1. The number of rotatable bonds is 5. The van der Waals surface area contributed by atoms with Crippen LogP contribution >= 0.6 is 0 Å². The Kier molecular flexibility index (Phi) is 5.01. The molecule has 1 N–H and O–H groups in total. The largest absolute Gasteiger partial charge is 0.350 e. The van der Waals surface area contributed by atoms with Crippen LogP contribution in [0.2, 0.25) is 0 Å². The van der Waals surface area contributed by atoms with Gasteiger partial charge in [-0.15, -0.1) is 0 Å². The van der Waals surface area contributed by atoms with Gasteiger partial charge in [-0.25, -0.2) is 4.68 Å². The average Bonchev–Trinajstić information content (AvgIpc) is 3.37. The van der Waals surface area contributed by atoms with Crippen LogP contribution in [-0.2, 0) is 29.7 Å². The van der Waals surface area contributed by atoms with E-state index >= 15 is 0 Å². The summed E-state index contributed by atoms with van der Waals surface area (Å²) in [6.07, 6.45) is 2.38. The predicted octanol–water partition coefficient (Wildman–Crippen LogP) is 3.40. The van der Waals surface area contributed by atoms with Gasteiger partial charge < -0.3 is 9.88 Å². The molecular formula is C25H25N5O2. The monoisotopic (exact) mass is 427 g/mol. The quantitative estimate of drug-likeness (QED) is 0.531. The number of nitrogens with zero attached hydrogens (tertiary/aromatic N) is 4. The van der Waals surface area contributed by atoms with E-state index in [9.17, 15) is 9.59 Å². The summed E-state index contributed by atoms with van der Waals surface area (Å²) in [5, 5.41) is 8.78. The van der Waals surface area contributed by atoms with E-state index in [4.69, 9.17) is 5.10 Å². The van der Waals surface area contributed by atoms with Gasteiger partial charge in [0.25, 0.3) is 0 Å². The van der Waals surface area contributed by atoms with Gasteiger partial charge in [0.2, 0.25) is 11.8 Å². The second-order valence-corrected chi connectivity index (χ2v) is 8.27. The van der Waals surface area contributed by atoms with Crippen LogP contribution in [0, 0.1) is 6.92 Å². The highest BCUT2D eigenvalue weighted by molar-refractivity contribution is 6.00. The minimum Gasteiger partial charge on any atom is -0.350 e. The van der Waals surface area contributed by atoms with Gasteiger partial charge in [0.1, 0.15) is 12.4 Å². The summed E-state index contributed by atoms with van der Waals surface area (Å²) in [7, 11) is 2.01. The molecule has 1 aliphatic heterocycles. The molecule has 162 valence electrons. The molecule has 0 spiro atoms. The van der Waals surface area contributed by atoms with E-state index in [-0.39, 0.29) is 18.4 Å². The number of fused-ring (bicyclic) bond motifs is 2. The third-order valence-electron chi connectivity index (χ3n) is 5.96. The van der Waals surface area contributed by atoms with Crippen molar-refractivity contribution in [1.29, 1.82) is 0 Å². The fraction of sp³-hybridized carbons (Fsp3) is 0.240. The number of carbonyl (C=O) groups excluding carboxylic acids is 2. The highest BCUT2D eigenvalue weighted by Crippen LogP contribution is 2.33.